The van der Waals surface area contributed by atoms with Crippen molar-refractivity contribution in [3.8, 4) is 5.75 Å². The number of nitrogens with two attached hydrogens (primary N) is 1. The van der Waals surface area contributed by atoms with Crippen LogP contribution in [0.2, 0.25) is 0 Å². The molecule has 0 saturated carbocycles. The maximum Gasteiger partial charge on any atom is 0.246 e. The molecule has 1 aromatic carbocycles. The van der Waals surface area contributed by atoms with E-state index < -0.39 is 127 Å². The number of thioether (sulfide) groups is 1. The minimum atomic E-state index is -1.67. The molecule has 5 rings (SSSR count). The van der Waals surface area contributed by atoms with E-state index in [4.69, 9.17) is 5.73 Å². The molecule has 2 bridgehead atoms. The van der Waals surface area contributed by atoms with E-state index in [0.717, 1.165) is 16.7 Å². The number of carbonyl (C=O) groups excluding carboxylic acids is 9. The molecule has 0 unspecified atom stereocenters. The number of aliphatic hydroxyl groups excluding tert-OH is 1. The van der Waals surface area contributed by atoms with Crippen LogP contribution < -0.4 is 43.0 Å². The van der Waals surface area contributed by atoms with Crippen molar-refractivity contribution in [2.24, 2.45) is 17.6 Å². The average molecular weight is 871 g/mol. The third-order valence-electron chi connectivity index (χ3n) is 11.3. The number of hydrogen-bond acceptors (Lipinski definition) is 12. The van der Waals surface area contributed by atoms with Crippen LogP contribution in [0.5, 0.6) is 5.75 Å². The Bertz CT molecular complexity index is 2060. The minimum absolute atomic E-state index is 0.131. The molecular formula is C39H54N10O11S. The third kappa shape index (κ3) is 11.3. The van der Waals surface area contributed by atoms with Crippen molar-refractivity contribution in [3.05, 3.63) is 23.8 Å². The van der Waals surface area contributed by atoms with Gasteiger partial charge in [-0.05, 0) is 35.6 Å². The second-order valence-corrected chi connectivity index (χ2v) is 16.8. The largest absolute Gasteiger partial charge is 0.508 e. The molecule has 0 spiro atoms. The highest BCUT2D eigenvalue weighted by Crippen LogP contribution is 2.33. The molecule has 1 saturated heterocycles. The van der Waals surface area contributed by atoms with E-state index in [2.05, 4.69) is 42.2 Å². The number of benzene rings is 1. The van der Waals surface area contributed by atoms with Crippen LogP contribution in [0.25, 0.3) is 10.9 Å². The Morgan fingerprint density at radius 1 is 0.820 bits per heavy atom. The molecule has 0 aliphatic carbocycles. The maximum atomic E-state index is 14.3. The van der Waals surface area contributed by atoms with Crippen LogP contribution in [0.15, 0.2) is 23.2 Å². The average Bonchev–Trinajstić information content (AvgIpc) is 3.78. The van der Waals surface area contributed by atoms with E-state index in [-0.39, 0.29) is 30.9 Å². The van der Waals surface area contributed by atoms with Gasteiger partial charge in [-0.3, -0.25) is 43.2 Å². The van der Waals surface area contributed by atoms with E-state index in [1.54, 1.807) is 33.8 Å². The quantitative estimate of drug-likeness (QED) is 0.140. The molecule has 2 aromatic rings. The first-order valence-electron chi connectivity index (χ1n) is 20.2. The van der Waals surface area contributed by atoms with Gasteiger partial charge in [0, 0.05) is 36.0 Å². The molecule has 332 valence electrons. The fraction of sp³-hybridized carbons (Fsp3) is 0.564. The lowest BCUT2D eigenvalue weighted by Crippen LogP contribution is -2.61. The molecule has 61 heavy (non-hydrogen) atoms. The fourth-order valence-corrected chi connectivity index (χ4v) is 8.55. The number of H-pyrrole nitrogens is 1. The Morgan fingerprint density at radius 3 is 2.11 bits per heavy atom. The number of fused-ring (bicyclic) bond motifs is 5. The highest BCUT2D eigenvalue weighted by molar-refractivity contribution is 7.99. The lowest BCUT2D eigenvalue weighted by Gasteiger charge is -2.32. The first-order valence-corrected chi connectivity index (χ1v) is 21.2. The standard InChI is InChI=1S/C39H54N10O11S/c1-5-17(3)31-36(58)42-13-29(53)43-26-16-61-38-22(21-9-19(50)7-8-23(21)46-38)11-24(33(55)41-14-30(54)47-31)44-37(59)32(18(4)6-2)48-35(57)27-10-20(51)15-49(27)39(60)25(12-28(40)52)45-34(26)56/h7-9,17-18,20,24-27,31-32,46,50-51H,5-6,10-16H2,1-4H3,(H2,40,52)(H,41,55)(H,42,58)(H,43,53)(H,44,59)(H,45,56)(H,47,54)(H,48,57)/t17-,18-,20+,24-,25-,26-,27-,31-,32-/m0/s1. The Balaban J connectivity index is 1.69. The number of aromatic hydroxyl groups is 1. The zero-order valence-electron chi connectivity index (χ0n) is 34.3. The first kappa shape index (κ1) is 46.2. The minimum Gasteiger partial charge on any atom is -0.508 e. The van der Waals surface area contributed by atoms with Crippen LogP contribution in [-0.2, 0) is 49.6 Å². The Hall–Kier alpha value is -5.90. The Labute approximate surface area is 355 Å². The van der Waals surface area contributed by atoms with Gasteiger partial charge in [-0.1, -0.05) is 40.5 Å². The molecule has 0 radical (unpaired) electrons. The lowest BCUT2D eigenvalue weighted by atomic mass is 9.96. The molecule has 1 aromatic heterocycles. The molecule has 21 nitrogen and oxygen atoms in total. The summed E-state index contributed by atoms with van der Waals surface area (Å²) in [5.41, 5.74) is 6.39. The van der Waals surface area contributed by atoms with Crippen molar-refractivity contribution in [3.63, 3.8) is 0 Å². The highest BCUT2D eigenvalue weighted by atomic mass is 32.2. The second-order valence-electron chi connectivity index (χ2n) is 15.7. The molecule has 9 amide bonds. The van der Waals surface area contributed by atoms with E-state index in [9.17, 15) is 53.4 Å². The summed E-state index contributed by atoms with van der Waals surface area (Å²) in [6, 6.07) is -3.97. The van der Waals surface area contributed by atoms with Gasteiger partial charge in [-0.2, -0.15) is 0 Å². The zero-order valence-corrected chi connectivity index (χ0v) is 35.1. The first-order chi connectivity index (χ1) is 28.9. The number of amides is 9. The van der Waals surface area contributed by atoms with E-state index in [0.29, 0.717) is 34.3 Å². The van der Waals surface area contributed by atoms with Crippen LogP contribution in [0.4, 0.5) is 0 Å². The van der Waals surface area contributed by atoms with E-state index >= 15 is 0 Å². The molecular weight excluding hydrogens is 817 g/mol. The van der Waals surface area contributed by atoms with Crippen LogP contribution in [0, 0.1) is 11.8 Å². The number of nitrogens with zero attached hydrogens (tertiary/aromatic N) is 1. The highest BCUT2D eigenvalue weighted by Gasteiger charge is 2.44. The van der Waals surface area contributed by atoms with Crippen molar-refractivity contribution in [2.45, 2.75) is 107 Å². The Kier molecular flexibility index (Phi) is 15.2. The van der Waals surface area contributed by atoms with Crippen molar-refractivity contribution < 1.29 is 53.4 Å². The molecule has 1 fully saturated rings. The van der Waals surface area contributed by atoms with Gasteiger partial charge in [0.15, 0.2) is 0 Å². The van der Waals surface area contributed by atoms with Crippen molar-refractivity contribution >= 4 is 75.8 Å². The van der Waals surface area contributed by atoms with Gasteiger partial charge in [0.25, 0.3) is 0 Å². The molecule has 9 atom stereocenters. The number of rotatable bonds is 6. The van der Waals surface area contributed by atoms with Crippen molar-refractivity contribution in [2.75, 3.05) is 25.4 Å². The number of aromatic amines is 1. The molecule has 3 aliphatic heterocycles. The maximum absolute atomic E-state index is 14.3. The predicted molar refractivity (Wildman–Crippen MR) is 219 cm³/mol. The number of carbonyl (C=O) groups is 9. The number of phenolic OH excluding ortho intramolecular Hbond substituents is 1. The normalized spacial score (nSPS) is 27.6. The van der Waals surface area contributed by atoms with Gasteiger partial charge >= 0.3 is 0 Å². The number of phenols is 1. The summed E-state index contributed by atoms with van der Waals surface area (Å²) in [6.07, 6.45) is -1.65. The predicted octanol–water partition coefficient (Wildman–Crippen LogP) is -2.88. The molecule has 22 heteroatoms. The second kappa shape index (κ2) is 20.1. The monoisotopic (exact) mass is 870 g/mol. The van der Waals surface area contributed by atoms with Gasteiger partial charge in [-0.15, -0.1) is 11.8 Å². The van der Waals surface area contributed by atoms with E-state index in [1.807, 2.05) is 0 Å². The van der Waals surface area contributed by atoms with Crippen LogP contribution in [-0.4, -0.2) is 141 Å². The van der Waals surface area contributed by atoms with Gasteiger partial charge in [0.2, 0.25) is 53.2 Å². The van der Waals surface area contributed by atoms with Gasteiger partial charge in [0.1, 0.15) is 42.0 Å². The zero-order chi connectivity index (χ0) is 44.7. The van der Waals surface area contributed by atoms with Crippen LogP contribution >= 0.6 is 11.8 Å². The summed E-state index contributed by atoms with van der Waals surface area (Å²) in [4.78, 5) is 128. The topological polar surface area (TPSA) is 323 Å². The Morgan fingerprint density at radius 2 is 1.46 bits per heavy atom. The lowest BCUT2D eigenvalue weighted by molar-refractivity contribution is -0.143. The summed E-state index contributed by atoms with van der Waals surface area (Å²) >= 11 is 1.01. The van der Waals surface area contributed by atoms with Gasteiger partial charge < -0.3 is 63.0 Å². The summed E-state index contributed by atoms with van der Waals surface area (Å²) < 4.78 is 0. The summed E-state index contributed by atoms with van der Waals surface area (Å²) in [7, 11) is 0. The van der Waals surface area contributed by atoms with Crippen molar-refractivity contribution in [1.82, 2.24) is 47.1 Å². The number of aliphatic hydroxyl groups is 1. The third-order valence-corrected chi connectivity index (χ3v) is 12.4. The summed E-state index contributed by atoms with van der Waals surface area (Å²) in [5, 5.41) is 40.1. The molecule has 4 heterocycles. The number of hydrogen-bond donors (Lipinski definition) is 11. The summed E-state index contributed by atoms with van der Waals surface area (Å²) in [6.45, 7) is 5.31. The van der Waals surface area contributed by atoms with Crippen molar-refractivity contribution in [1.29, 1.82) is 0 Å². The van der Waals surface area contributed by atoms with Gasteiger partial charge in [0.05, 0.1) is 30.6 Å². The number of nitrogens with one attached hydrogen (secondary N) is 8. The van der Waals surface area contributed by atoms with Gasteiger partial charge in [-0.25, -0.2) is 0 Å². The fourth-order valence-electron chi connectivity index (χ4n) is 7.43. The molecule has 3 aliphatic rings. The summed E-state index contributed by atoms with van der Waals surface area (Å²) in [5.74, 6) is -9.02. The van der Waals surface area contributed by atoms with Crippen LogP contribution in [0.1, 0.15) is 58.9 Å². The van der Waals surface area contributed by atoms with Crippen LogP contribution in [0.3, 0.4) is 0 Å². The SMILES string of the molecule is CC[C@H](C)[C@@H]1NC(=O)CNC(=O)[C@@H]2Cc3c([nH]c4ccc(O)cc34)SC[C@H](NC(=O)CNC1=O)C(=O)N[C@@H](CC(N)=O)C(=O)N1C[C@H](O)C[C@H]1C(=O)N[C@@H]([C@@H](C)CC)C(=O)N2. The van der Waals surface area contributed by atoms with E-state index in [1.165, 1.54) is 12.1 Å². The number of aromatic nitrogens is 1. The smallest absolute Gasteiger partial charge is 0.246 e. The number of primary amides is 1. The molecule has 12 N–H and O–H groups in total.